The highest BCUT2D eigenvalue weighted by molar-refractivity contribution is 6.02. The molecule has 10 heteroatoms. The zero-order chi connectivity index (χ0) is 19.8. The first kappa shape index (κ1) is 18.2. The van der Waals surface area contributed by atoms with Gasteiger partial charge in [-0.15, -0.1) is 0 Å². The van der Waals surface area contributed by atoms with E-state index in [9.17, 15) is 13.6 Å². The molecule has 146 valence electrons. The summed E-state index contributed by atoms with van der Waals surface area (Å²) in [7, 11) is 1.71. The maximum atomic E-state index is 14.1. The Hall–Kier alpha value is -3.14. The minimum absolute atomic E-state index is 0.0761. The number of hydrogen-bond acceptors (Lipinski definition) is 6. The largest absolute Gasteiger partial charge is 0.351 e. The number of nitrogens with zero attached hydrogens (tertiary/aromatic N) is 5. The first-order valence-corrected chi connectivity index (χ1v) is 8.79. The van der Waals surface area contributed by atoms with Gasteiger partial charge in [-0.2, -0.15) is 0 Å². The number of carbonyl (C=O) groups excluding carboxylic acids is 1. The number of anilines is 2. The van der Waals surface area contributed by atoms with E-state index in [0.29, 0.717) is 18.1 Å². The van der Waals surface area contributed by atoms with Gasteiger partial charge >= 0.3 is 0 Å². The third-order valence-corrected chi connectivity index (χ3v) is 4.70. The summed E-state index contributed by atoms with van der Waals surface area (Å²) >= 11 is 0. The van der Waals surface area contributed by atoms with Crippen molar-refractivity contribution >= 4 is 23.1 Å². The number of nitrogens with one attached hydrogen (secondary N) is 2. The molecule has 0 spiro atoms. The molecule has 1 amide bonds. The van der Waals surface area contributed by atoms with E-state index < -0.39 is 17.9 Å². The van der Waals surface area contributed by atoms with Crippen LogP contribution in [0.5, 0.6) is 0 Å². The number of aromatic nitrogens is 4. The van der Waals surface area contributed by atoms with Gasteiger partial charge < -0.3 is 19.9 Å². The average molecular weight is 387 g/mol. The van der Waals surface area contributed by atoms with Gasteiger partial charge in [-0.3, -0.25) is 4.79 Å². The smallest absolute Gasteiger partial charge is 0.275 e. The summed E-state index contributed by atoms with van der Waals surface area (Å²) in [5, 5.41) is 5.52. The Morgan fingerprint density at radius 3 is 2.75 bits per heavy atom. The lowest BCUT2D eigenvalue weighted by molar-refractivity contribution is 0.102. The molecule has 1 fully saturated rings. The topological polar surface area (TPSA) is 87.5 Å². The molecule has 4 rings (SSSR count). The van der Waals surface area contributed by atoms with Crippen LogP contribution in [-0.2, 0) is 0 Å². The van der Waals surface area contributed by atoms with E-state index in [-0.39, 0.29) is 29.6 Å². The monoisotopic (exact) mass is 387 g/mol. The lowest BCUT2D eigenvalue weighted by atomic mass is 10.2. The number of alkyl halides is 1. The summed E-state index contributed by atoms with van der Waals surface area (Å²) in [5.41, 5.74) is 1.21. The molecule has 0 unspecified atom stereocenters. The number of pyridine rings is 1. The van der Waals surface area contributed by atoms with Gasteiger partial charge in [0.05, 0.1) is 36.4 Å². The van der Waals surface area contributed by atoms with E-state index in [2.05, 4.69) is 25.6 Å². The van der Waals surface area contributed by atoms with Crippen molar-refractivity contribution in [1.29, 1.82) is 0 Å². The summed E-state index contributed by atoms with van der Waals surface area (Å²) < 4.78 is 29.5. The third kappa shape index (κ3) is 3.38. The molecule has 1 aliphatic rings. The van der Waals surface area contributed by atoms with Crippen LogP contribution < -0.4 is 15.5 Å². The molecule has 0 saturated carbocycles. The van der Waals surface area contributed by atoms with E-state index in [1.165, 1.54) is 22.9 Å². The second kappa shape index (κ2) is 7.12. The van der Waals surface area contributed by atoms with Crippen LogP contribution in [0.25, 0.3) is 5.65 Å². The van der Waals surface area contributed by atoms with E-state index in [1.54, 1.807) is 31.3 Å². The van der Waals surface area contributed by atoms with Crippen LogP contribution in [0.4, 0.5) is 20.3 Å². The number of halogens is 2. The quantitative estimate of drug-likeness (QED) is 0.707. The van der Waals surface area contributed by atoms with Gasteiger partial charge in [0.2, 0.25) is 0 Å². The van der Waals surface area contributed by atoms with E-state index >= 15 is 0 Å². The molecule has 1 saturated heterocycles. The van der Waals surface area contributed by atoms with Gasteiger partial charge in [0, 0.05) is 25.0 Å². The zero-order valence-electron chi connectivity index (χ0n) is 15.4. The van der Waals surface area contributed by atoms with Crippen molar-refractivity contribution in [3.8, 4) is 0 Å². The van der Waals surface area contributed by atoms with Crippen molar-refractivity contribution < 1.29 is 13.6 Å². The Labute approximate surface area is 159 Å². The van der Waals surface area contributed by atoms with Gasteiger partial charge in [-0.1, -0.05) is 0 Å². The van der Waals surface area contributed by atoms with Crippen molar-refractivity contribution in [3.05, 3.63) is 48.1 Å². The number of carbonyl (C=O) groups is 1. The number of rotatable bonds is 4. The third-order valence-electron chi connectivity index (χ3n) is 4.70. The summed E-state index contributed by atoms with van der Waals surface area (Å²) in [6, 6.07) is 0.937. The fourth-order valence-electron chi connectivity index (χ4n) is 3.27. The lowest BCUT2D eigenvalue weighted by Crippen LogP contribution is -2.34. The molecule has 4 heterocycles. The Morgan fingerprint density at radius 1 is 1.25 bits per heavy atom. The van der Waals surface area contributed by atoms with Gasteiger partial charge in [0.25, 0.3) is 5.91 Å². The van der Waals surface area contributed by atoms with Gasteiger partial charge in [-0.25, -0.2) is 23.7 Å². The number of imidazole rings is 1. The highest BCUT2D eigenvalue weighted by atomic mass is 19.1. The molecule has 0 radical (unpaired) electrons. The molecule has 28 heavy (non-hydrogen) atoms. The number of likely N-dealkylation sites (N-methyl/N-ethyl adjacent to an activating group) is 1. The number of aryl methyl sites for hydroxylation is 1. The van der Waals surface area contributed by atoms with Gasteiger partial charge in [-0.05, 0) is 14.0 Å². The molecular weight excluding hydrogens is 368 g/mol. The minimum Gasteiger partial charge on any atom is -0.351 e. The Morgan fingerprint density at radius 2 is 2.07 bits per heavy atom. The molecule has 3 aromatic rings. The first-order valence-electron chi connectivity index (χ1n) is 8.79. The lowest BCUT2D eigenvalue weighted by Gasteiger charge is -2.16. The summed E-state index contributed by atoms with van der Waals surface area (Å²) in [5.74, 6) is -0.563. The van der Waals surface area contributed by atoms with Crippen molar-refractivity contribution in [3.63, 3.8) is 0 Å². The molecule has 3 aromatic heterocycles. The van der Waals surface area contributed by atoms with Crippen LogP contribution >= 0.6 is 0 Å². The highest BCUT2D eigenvalue weighted by Crippen LogP contribution is 2.20. The van der Waals surface area contributed by atoms with E-state index in [4.69, 9.17) is 0 Å². The van der Waals surface area contributed by atoms with Crippen molar-refractivity contribution in [2.75, 3.05) is 30.4 Å². The summed E-state index contributed by atoms with van der Waals surface area (Å²) in [6.07, 6.45) is 4.99. The number of hydrogen-bond donors (Lipinski definition) is 2. The van der Waals surface area contributed by atoms with Crippen molar-refractivity contribution in [1.82, 2.24) is 24.7 Å². The molecular formula is C18H19F2N7O. The zero-order valence-corrected chi connectivity index (χ0v) is 15.4. The minimum atomic E-state index is -0.994. The second-order valence-corrected chi connectivity index (χ2v) is 6.72. The van der Waals surface area contributed by atoms with Crippen LogP contribution in [0.3, 0.4) is 0 Å². The van der Waals surface area contributed by atoms with Crippen molar-refractivity contribution in [2.45, 2.75) is 19.1 Å². The second-order valence-electron chi connectivity index (χ2n) is 6.72. The predicted octanol–water partition coefficient (Wildman–Crippen LogP) is 1.57. The SMILES string of the molecule is CN[C@H]1CN(c2cnc(C(=O)Nc3cc(F)c4nc(C)cn4c3)cn2)C[C@H]1F. The maximum absolute atomic E-state index is 14.1. The normalized spacial score (nSPS) is 19.4. The molecule has 1 aliphatic heterocycles. The fourth-order valence-corrected chi connectivity index (χ4v) is 3.27. The van der Waals surface area contributed by atoms with Crippen LogP contribution in [0.15, 0.2) is 30.9 Å². The van der Waals surface area contributed by atoms with Gasteiger partial charge in [0.15, 0.2) is 11.5 Å². The van der Waals surface area contributed by atoms with Crippen LogP contribution in [0.1, 0.15) is 16.2 Å². The fraction of sp³-hybridized carbons (Fsp3) is 0.333. The number of amides is 1. The predicted molar refractivity (Wildman–Crippen MR) is 99.8 cm³/mol. The first-order chi connectivity index (χ1) is 13.4. The molecule has 8 nitrogen and oxygen atoms in total. The van der Waals surface area contributed by atoms with Crippen LogP contribution in [0.2, 0.25) is 0 Å². The average Bonchev–Trinajstić information content (AvgIpc) is 3.24. The highest BCUT2D eigenvalue weighted by Gasteiger charge is 2.32. The molecule has 2 N–H and O–H groups in total. The summed E-state index contributed by atoms with van der Waals surface area (Å²) in [4.78, 5) is 26.6. The molecule has 0 bridgehead atoms. The Kier molecular flexibility index (Phi) is 4.63. The Balaban J connectivity index is 1.48. The van der Waals surface area contributed by atoms with E-state index in [0.717, 1.165) is 0 Å². The maximum Gasteiger partial charge on any atom is 0.275 e. The molecule has 0 aliphatic carbocycles. The Bertz CT molecular complexity index is 1020. The van der Waals surface area contributed by atoms with Gasteiger partial charge in [0.1, 0.15) is 17.7 Å². The molecule has 0 aromatic carbocycles. The van der Waals surface area contributed by atoms with Crippen molar-refractivity contribution in [2.24, 2.45) is 0 Å². The van der Waals surface area contributed by atoms with E-state index in [1.807, 2.05) is 0 Å². The van der Waals surface area contributed by atoms with Crippen LogP contribution in [0, 0.1) is 12.7 Å². The number of fused-ring (bicyclic) bond motifs is 1. The summed E-state index contributed by atoms with van der Waals surface area (Å²) in [6.45, 7) is 2.45. The van der Waals surface area contributed by atoms with Crippen LogP contribution in [-0.4, -0.2) is 57.6 Å². The molecule has 2 atom stereocenters. The standard InChI is InChI=1S/C18H19F2N7O/c1-10-6-27-7-11(3-12(19)17(27)24-10)25-18(28)14-4-23-16(5-22-14)26-8-13(20)15(9-26)21-2/h3-7,13,15,21H,8-9H2,1-2H3,(H,25,28)/t13-,15+/m1/s1.